The normalized spacial score (nSPS) is 14.2. The van der Waals surface area contributed by atoms with Gasteiger partial charge in [0.1, 0.15) is 6.61 Å². The first kappa shape index (κ1) is 22.0. The fourth-order valence-electron chi connectivity index (χ4n) is 2.94. The van der Waals surface area contributed by atoms with E-state index in [1.54, 1.807) is 30.5 Å². The Morgan fingerprint density at radius 2 is 1.69 bits per heavy atom. The van der Waals surface area contributed by atoms with E-state index in [1.165, 1.54) is 11.8 Å². The molecule has 1 aromatic carbocycles. The first-order valence-corrected chi connectivity index (χ1v) is 9.20. The minimum Gasteiger partial charge on any atom is -0.388 e. The Labute approximate surface area is 171 Å². The number of piperazine rings is 1. The molecule has 1 fully saturated rings. The number of aromatic nitrogens is 1. The lowest BCUT2D eigenvalue weighted by molar-refractivity contribution is -0.126. The predicted octanol–water partition coefficient (Wildman–Crippen LogP) is 2.65. The Bertz CT molecular complexity index is 853. The van der Waals surface area contributed by atoms with Gasteiger partial charge in [0, 0.05) is 44.1 Å². The smallest absolute Gasteiger partial charge is 0.246 e. The van der Waals surface area contributed by atoms with Crippen molar-refractivity contribution in [2.24, 2.45) is 0 Å². The first-order chi connectivity index (χ1) is 13.7. The number of anilines is 1. The Kier molecular flexibility index (Phi) is 8.30. The molecule has 2 heterocycles. The molecule has 1 aliphatic rings. The summed E-state index contributed by atoms with van der Waals surface area (Å²) in [7, 11) is 0. The van der Waals surface area contributed by atoms with E-state index in [1.807, 2.05) is 29.2 Å². The fraction of sp³-hybridized carbons (Fsp3) is 0.261. The van der Waals surface area contributed by atoms with Crippen LogP contribution in [0.2, 0.25) is 0 Å². The van der Waals surface area contributed by atoms with Crippen molar-refractivity contribution >= 4 is 29.5 Å². The minimum absolute atomic E-state index is 0. The van der Waals surface area contributed by atoms with Crippen molar-refractivity contribution in [3.63, 3.8) is 0 Å². The lowest BCUT2D eigenvalue weighted by Crippen LogP contribution is -2.48. The largest absolute Gasteiger partial charge is 0.388 e. The van der Waals surface area contributed by atoms with Crippen LogP contribution in [0.4, 0.5) is 5.69 Å². The number of pyridine rings is 1. The van der Waals surface area contributed by atoms with Crippen molar-refractivity contribution in [2.45, 2.75) is 7.43 Å². The Morgan fingerprint density at radius 3 is 2.31 bits per heavy atom. The number of aliphatic hydroxyl groups excluding tert-OH is 1. The number of nitrogens with zero attached hydrogens (tertiary/aromatic N) is 3. The zero-order valence-electron chi connectivity index (χ0n) is 15.6. The number of ketones is 1. The van der Waals surface area contributed by atoms with Gasteiger partial charge in [-0.3, -0.25) is 14.6 Å². The number of carbonyl (C=O) groups excluding carboxylic acids is 2. The molecular formula is C23H27N3O3. The summed E-state index contributed by atoms with van der Waals surface area (Å²) in [4.78, 5) is 31.8. The summed E-state index contributed by atoms with van der Waals surface area (Å²) in [6, 6.07) is 13.8. The molecule has 6 nitrogen and oxygen atoms in total. The van der Waals surface area contributed by atoms with Gasteiger partial charge in [-0.2, -0.15) is 0 Å². The van der Waals surface area contributed by atoms with E-state index in [4.69, 9.17) is 5.11 Å². The van der Waals surface area contributed by atoms with Crippen molar-refractivity contribution in [1.29, 1.82) is 0 Å². The molecule has 0 unspecified atom stereocenters. The summed E-state index contributed by atoms with van der Waals surface area (Å²) in [5, 5.41) is 8.69. The van der Waals surface area contributed by atoms with Crippen LogP contribution in [0, 0.1) is 0 Å². The van der Waals surface area contributed by atoms with Crippen molar-refractivity contribution in [1.82, 2.24) is 9.88 Å². The lowest BCUT2D eigenvalue weighted by atomic mass is 10.2. The van der Waals surface area contributed by atoms with Gasteiger partial charge in [0.05, 0.1) is 5.69 Å². The summed E-state index contributed by atoms with van der Waals surface area (Å²) >= 11 is 0. The second kappa shape index (κ2) is 10.9. The zero-order chi connectivity index (χ0) is 19.8. The maximum atomic E-state index is 12.4. The highest BCUT2D eigenvalue weighted by Gasteiger charge is 2.19. The van der Waals surface area contributed by atoms with Crippen LogP contribution in [0.3, 0.4) is 0 Å². The number of amides is 1. The number of hydrogen-bond acceptors (Lipinski definition) is 5. The molecule has 1 aromatic heterocycles. The van der Waals surface area contributed by atoms with Gasteiger partial charge in [-0.1, -0.05) is 31.7 Å². The third-order valence-corrected chi connectivity index (χ3v) is 4.54. The minimum atomic E-state index is -0.515. The van der Waals surface area contributed by atoms with Crippen molar-refractivity contribution in [2.75, 3.05) is 37.7 Å². The molecule has 6 heteroatoms. The van der Waals surface area contributed by atoms with E-state index in [9.17, 15) is 9.59 Å². The standard InChI is InChI=1S/C22H23N3O3.CH4/c26-17-21(27)10-9-19-8-6-18(16-23-19)7-11-22(28)25-14-12-24(13-15-25)20-4-2-1-3-5-20;/h1-11,16,26H,12-15,17H2;1H4/b10-9+,11-7+;. The summed E-state index contributed by atoms with van der Waals surface area (Å²) in [5.41, 5.74) is 2.61. The molecule has 152 valence electrons. The molecule has 29 heavy (non-hydrogen) atoms. The van der Waals surface area contributed by atoms with Crippen LogP contribution in [0.25, 0.3) is 12.2 Å². The second-order valence-corrected chi connectivity index (χ2v) is 6.46. The monoisotopic (exact) mass is 393 g/mol. The molecule has 3 rings (SSSR count). The quantitative estimate of drug-likeness (QED) is 0.764. The van der Waals surface area contributed by atoms with Crippen LogP contribution in [0.5, 0.6) is 0 Å². The van der Waals surface area contributed by atoms with E-state index in [0.29, 0.717) is 18.8 Å². The molecule has 1 aliphatic heterocycles. The van der Waals surface area contributed by atoms with E-state index >= 15 is 0 Å². The fourth-order valence-corrected chi connectivity index (χ4v) is 2.94. The number of rotatable bonds is 6. The third kappa shape index (κ3) is 6.40. The van der Waals surface area contributed by atoms with Gasteiger partial charge in [-0.15, -0.1) is 0 Å². The maximum absolute atomic E-state index is 12.4. The van der Waals surface area contributed by atoms with E-state index in [0.717, 1.165) is 18.7 Å². The molecule has 2 aromatic rings. The highest BCUT2D eigenvalue weighted by molar-refractivity contribution is 5.94. The number of carbonyl (C=O) groups is 2. The average molecular weight is 393 g/mol. The summed E-state index contributed by atoms with van der Waals surface area (Å²) in [6.45, 7) is 2.51. The van der Waals surface area contributed by atoms with E-state index in [-0.39, 0.29) is 19.1 Å². The number of benzene rings is 1. The third-order valence-electron chi connectivity index (χ3n) is 4.54. The molecule has 0 spiro atoms. The van der Waals surface area contributed by atoms with Gasteiger partial charge in [-0.25, -0.2) is 0 Å². The average Bonchev–Trinajstić information content (AvgIpc) is 2.77. The van der Waals surface area contributed by atoms with Gasteiger partial charge in [0.2, 0.25) is 5.91 Å². The molecule has 1 N–H and O–H groups in total. The van der Waals surface area contributed by atoms with Crippen LogP contribution in [-0.4, -0.2) is 59.5 Å². The second-order valence-electron chi connectivity index (χ2n) is 6.46. The molecule has 1 saturated heterocycles. The lowest BCUT2D eigenvalue weighted by Gasteiger charge is -2.35. The Balaban J connectivity index is 0.00000300. The van der Waals surface area contributed by atoms with E-state index in [2.05, 4.69) is 22.0 Å². The molecule has 0 aliphatic carbocycles. The molecule has 1 amide bonds. The van der Waals surface area contributed by atoms with Crippen LogP contribution in [-0.2, 0) is 9.59 Å². The van der Waals surface area contributed by atoms with Crippen LogP contribution in [0.1, 0.15) is 18.7 Å². The van der Waals surface area contributed by atoms with Gasteiger partial charge in [-0.05, 0) is 42.0 Å². The highest BCUT2D eigenvalue weighted by Crippen LogP contribution is 2.15. The number of hydrogen-bond donors (Lipinski definition) is 1. The van der Waals surface area contributed by atoms with Crippen molar-refractivity contribution < 1.29 is 14.7 Å². The summed E-state index contributed by atoms with van der Waals surface area (Å²) < 4.78 is 0. The summed E-state index contributed by atoms with van der Waals surface area (Å²) in [5.74, 6) is -0.381. The zero-order valence-corrected chi connectivity index (χ0v) is 15.6. The predicted molar refractivity (Wildman–Crippen MR) is 116 cm³/mol. The van der Waals surface area contributed by atoms with Gasteiger partial charge >= 0.3 is 0 Å². The number of para-hydroxylation sites is 1. The van der Waals surface area contributed by atoms with Crippen molar-refractivity contribution in [3.8, 4) is 0 Å². The highest BCUT2D eigenvalue weighted by atomic mass is 16.3. The first-order valence-electron chi connectivity index (χ1n) is 9.20. The van der Waals surface area contributed by atoms with Crippen LogP contribution in [0.15, 0.2) is 60.8 Å². The van der Waals surface area contributed by atoms with Gasteiger partial charge < -0.3 is 14.9 Å². The maximum Gasteiger partial charge on any atom is 0.246 e. The van der Waals surface area contributed by atoms with Crippen LogP contribution >= 0.6 is 0 Å². The molecule has 0 atom stereocenters. The van der Waals surface area contributed by atoms with Crippen LogP contribution < -0.4 is 4.90 Å². The Hall–Kier alpha value is -3.25. The molecule has 0 saturated carbocycles. The van der Waals surface area contributed by atoms with Gasteiger partial charge in [0.15, 0.2) is 5.78 Å². The van der Waals surface area contributed by atoms with Gasteiger partial charge in [0.25, 0.3) is 0 Å². The topological polar surface area (TPSA) is 73.7 Å². The molecular weight excluding hydrogens is 366 g/mol. The SMILES string of the molecule is C.O=C(/C=C/c1ccc(/C=C/C(=O)N2CCN(c3ccccc3)CC2)cn1)CO. The molecule has 0 radical (unpaired) electrons. The van der Waals surface area contributed by atoms with Crippen molar-refractivity contribution in [3.05, 3.63) is 72.1 Å². The van der Waals surface area contributed by atoms with E-state index < -0.39 is 6.61 Å². The number of aliphatic hydroxyl groups is 1. The molecule has 0 bridgehead atoms. The summed E-state index contributed by atoms with van der Waals surface area (Å²) in [6.07, 6.45) is 7.78. The Morgan fingerprint density at radius 1 is 0.966 bits per heavy atom.